The molecule has 0 spiro atoms. The van der Waals surface area contributed by atoms with Crippen molar-refractivity contribution in [2.45, 2.75) is 13.3 Å². The van der Waals surface area contributed by atoms with E-state index in [1.165, 1.54) is 11.2 Å². The van der Waals surface area contributed by atoms with Crippen molar-refractivity contribution in [1.29, 1.82) is 0 Å². The molecule has 1 N–H and O–H groups in total. The summed E-state index contributed by atoms with van der Waals surface area (Å²) in [7, 11) is 0.290. The molecule has 0 aromatic heterocycles. The van der Waals surface area contributed by atoms with Crippen molar-refractivity contribution in [3.63, 3.8) is 0 Å². The first-order valence-corrected chi connectivity index (χ1v) is 9.46. The Bertz CT molecular complexity index is 669. The van der Waals surface area contributed by atoms with Crippen LogP contribution < -0.4 is 9.62 Å². The first kappa shape index (κ1) is 20.1. The maximum Gasteiger partial charge on any atom is 0.232 e. The molecule has 8 heteroatoms. The van der Waals surface area contributed by atoms with Gasteiger partial charge in [-0.05, 0) is 45.3 Å². The molecule has 0 radical (unpaired) electrons. The van der Waals surface area contributed by atoms with E-state index in [1.807, 2.05) is 19.0 Å². The van der Waals surface area contributed by atoms with Crippen LogP contribution in [0, 0.1) is 0 Å². The van der Waals surface area contributed by atoms with Gasteiger partial charge in [-0.2, -0.15) is 0 Å². The SMILES string of the molecule is CC(=O)c1ccc(N(CCC(=O)NCCN(C)C)S(C)(=O)=O)cc1. The molecule has 24 heavy (non-hydrogen) atoms. The summed E-state index contributed by atoms with van der Waals surface area (Å²) in [6.45, 7) is 2.72. The summed E-state index contributed by atoms with van der Waals surface area (Å²) in [4.78, 5) is 25.1. The minimum Gasteiger partial charge on any atom is -0.355 e. The van der Waals surface area contributed by atoms with Crippen molar-refractivity contribution < 1.29 is 18.0 Å². The number of Topliss-reactive ketones (excluding diaryl/α,β-unsaturated/α-hetero) is 1. The normalized spacial score (nSPS) is 11.4. The highest BCUT2D eigenvalue weighted by Crippen LogP contribution is 2.19. The Hall–Kier alpha value is -1.93. The number of likely N-dealkylation sites (N-methyl/N-ethyl adjacent to an activating group) is 1. The Kier molecular flexibility index (Phi) is 7.37. The Labute approximate surface area is 143 Å². The number of hydrogen-bond acceptors (Lipinski definition) is 5. The highest BCUT2D eigenvalue weighted by atomic mass is 32.2. The van der Waals surface area contributed by atoms with Gasteiger partial charge in [0.25, 0.3) is 0 Å². The summed E-state index contributed by atoms with van der Waals surface area (Å²) in [5.74, 6) is -0.293. The van der Waals surface area contributed by atoms with Crippen LogP contribution in [0.4, 0.5) is 5.69 Å². The number of carbonyl (C=O) groups is 2. The fourth-order valence-corrected chi connectivity index (χ4v) is 2.99. The third kappa shape index (κ3) is 6.67. The van der Waals surface area contributed by atoms with Gasteiger partial charge in [-0.3, -0.25) is 13.9 Å². The maximum atomic E-state index is 12.0. The van der Waals surface area contributed by atoms with Gasteiger partial charge in [0.1, 0.15) is 0 Å². The summed E-state index contributed by atoms with van der Waals surface area (Å²) < 4.78 is 25.1. The van der Waals surface area contributed by atoms with Gasteiger partial charge in [-0.15, -0.1) is 0 Å². The molecule has 0 aliphatic heterocycles. The molecule has 1 rings (SSSR count). The molecule has 1 aromatic carbocycles. The van der Waals surface area contributed by atoms with Crippen molar-refractivity contribution in [2.24, 2.45) is 0 Å². The van der Waals surface area contributed by atoms with E-state index in [9.17, 15) is 18.0 Å². The van der Waals surface area contributed by atoms with Crippen molar-refractivity contribution in [2.75, 3.05) is 44.3 Å². The molecule has 0 fully saturated rings. The number of benzene rings is 1. The van der Waals surface area contributed by atoms with Crippen LogP contribution in [0.5, 0.6) is 0 Å². The lowest BCUT2D eigenvalue weighted by Gasteiger charge is -2.22. The number of nitrogens with zero attached hydrogens (tertiary/aromatic N) is 2. The van der Waals surface area contributed by atoms with Gasteiger partial charge in [0.05, 0.1) is 11.9 Å². The summed E-state index contributed by atoms with van der Waals surface area (Å²) in [6, 6.07) is 6.30. The molecule has 0 saturated carbocycles. The van der Waals surface area contributed by atoms with Gasteiger partial charge in [0.2, 0.25) is 15.9 Å². The molecule has 1 amide bonds. The second-order valence-corrected chi connectivity index (χ2v) is 7.75. The molecule has 0 bridgehead atoms. The van der Waals surface area contributed by atoms with Crippen molar-refractivity contribution in [1.82, 2.24) is 10.2 Å². The van der Waals surface area contributed by atoms with E-state index in [0.29, 0.717) is 24.3 Å². The number of nitrogens with one attached hydrogen (secondary N) is 1. The fourth-order valence-electron chi connectivity index (χ4n) is 2.06. The Morgan fingerprint density at radius 3 is 2.12 bits per heavy atom. The number of amides is 1. The molecule has 0 aliphatic rings. The van der Waals surface area contributed by atoms with E-state index in [-0.39, 0.29) is 24.7 Å². The van der Waals surface area contributed by atoms with E-state index in [0.717, 1.165) is 6.26 Å². The van der Waals surface area contributed by atoms with E-state index < -0.39 is 10.0 Å². The van der Waals surface area contributed by atoms with Gasteiger partial charge in [0.15, 0.2) is 5.78 Å². The van der Waals surface area contributed by atoms with Crippen molar-refractivity contribution >= 4 is 27.4 Å². The number of carbonyl (C=O) groups excluding carboxylic acids is 2. The molecular formula is C16H25N3O4S. The molecule has 0 unspecified atom stereocenters. The van der Waals surface area contributed by atoms with Gasteiger partial charge in [0, 0.05) is 31.6 Å². The summed E-state index contributed by atoms with van der Waals surface area (Å²) in [5, 5.41) is 2.75. The van der Waals surface area contributed by atoms with E-state index in [1.54, 1.807) is 24.3 Å². The zero-order chi connectivity index (χ0) is 18.3. The van der Waals surface area contributed by atoms with Gasteiger partial charge >= 0.3 is 0 Å². The zero-order valence-corrected chi connectivity index (χ0v) is 15.4. The first-order chi connectivity index (χ1) is 11.1. The van der Waals surface area contributed by atoms with Gasteiger partial charge in [-0.25, -0.2) is 8.42 Å². The van der Waals surface area contributed by atoms with Crippen LogP contribution in [0.3, 0.4) is 0 Å². The largest absolute Gasteiger partial charge is 0.355 e. The second-order valence-electron chi connectivity index (χ2n) is 5.84. The number of sulfonamides is 1. The molecule has 134 valence electrons. The number of hydrogen-bond donors (Lipinski definition) is 1. The number of rotatable bonds is 9. The average molecular weight is 355 g/mol. The van der Waals surface area contributed by atoms with Crippen molar-refractivity contribution in [3.05, 3.63) is 29.8 Å². The summed E-state index contributed by atoms with van der Waals surface area (Å²) in [5.41, 5.74) is 0.942. The van der Waals surface area contributed by atoms with Crippen LogP contribution in [0.25, 0.3) is 0 Å². The monoisotopic (exact) mass is 355 g/mol. The zero-order valence-electron chi connectivity index (χ0n) is 14.6. The topological polar surface area (TPSA) is 86.8 Å². The predicted molar refractivity (Wildman–Crippen MR) is 94.8 cm³/mol. The highest BCUT2D eigenvalue weighted by Gasteiger charge is 2.18. The standard InChI is InChI=1S/C16H25N3O4S/c1-13(20)14-5-7-15(8-6-14)19(24(4,22)23)11-9-16(21)17-10-12-18(2)3/h5-8H,9-12H2,1-4H3,(H,17,21). The smallest absolute Gasteiger partial charge is 0.232 e. The first-order valence-electron chi connectivity index (χ1n) is 7.61. The number of ketones is 1. The summed E-state index contributed by atoms with van der Waals surface area (Å²) in [6.07, 6.45) is 1.16. The second kappa shape index (κ2) is 8.79. The molecule has 0 atom stereocenters. The summed E-state index contributed by atoms with van der Waals surface area (Å²) >= 11 is 0. The van der Waals surface area contributed by atoms with E-state index in [4.69, 9.17) is 0 Å². The van der Waals surface area contributed by atoms with Crippen LogP contribution >= 0.6 is 0 Å². The average Bonchev–Trinajstić information content (AvgIpc) is 2.46. The fraction of sp³-hybridized carbons (Fsp3) is 0.500. The number of anilines is 1. The molecule has 0 saturated heterocycles. The third-order valence-electron chi connectivity index (χ3n) is 3.39. The van der Waals surface area contributed by atoms with Crippen LogP contribution in [-0.2, 0) is 14.8 Å². The Balaban J connectivity index is 2.73. The third-order valence-corrected chi connectivity index (χ3v) is 4.58. The quantitative estimate of drug-likeness (QED) is 0.660. The molecule has 0 heterocycles. The molecule has 1 aromatic rings. The van der Waals surface area contributed by atoms with Gasteiger partial charge in [-0.1, -0.05) is 0 Å². The minimum atomic E-state index is -3.52. The predicted octanol–water partition coefficient (Wildman–Crippen LogP) is 0.723. The lowest BCUT2D eigenvalue weighted by molar-refractivity contribution is -0.120. The van der Waals surface area contributed by atoms with Gasteiger partial charge < -0.3 is 10.2 Å². The lowest BCUT2D eigenvalue weighted by atomic mass is 10.1. The minimum absolute atomic E-state index is 0.0477. The van der Waals surface area contributed by atoms with Crippen molar-refractivity contribution in [3.8, 4) is 0 Å². The van der Waals surface area contributed by atoms with Crippen LogP contribution in [-0.4, -0.2) is 65.0 Å². The lowest BCUT2D eigenvalue weighted by Crippen LogP contribution is -2.36. The van der Waals surface area contributed by atoms with Crippen LogP contribution in [0.15, 0.2) is 24.3 Å². The molecular weight excluding hydrogens is 330 g/mol. The Morgan fingerprint density at radius 1 is 1.08 bits per heavy atom. The Morgan fingerprint density at radius 2 is 1.67 bits per heavy atom. The molecule has 7 nitrogen and oxygen atoms in total. The van der Waals surface area contributed by atoms with Crippen LogP contribution in [0.2, 0.25) is 0 Å². The van der Waals surface area contributed by atoms with E-state index >= 15 is 0 Å². The maximum absolute atomic E-state index is 12.0. The van der Waals surface area contributed by atoms with E-state index in [2.05, 4.69) is 5.32 Å². The highest BCUT2D eigenvalue weighted by molar-refractivity contribution is 7.92. The van der Waals surface area contributed by atoms with Crippen LogP contribution in [0.1, 0.15) is 23.7 Å². The molecule has 0 aliphatic carbocycles.